The number of carbonyl (C=O) groups excluding carboxylic acids is 1. The molecule has 2 fully saturated rings. The monoisotopic (exact) mass is 495 g/mol. The minimum Gasteiger partial charge on any atom is -0.454 e. The molecule has 0 aliphatic carbocycles. The molecule has 0 saturated carbocycles. The second-order valence-electron chi connectivity index (χ2n) is 9.17. The van der Waals surface area contributed by atoms with E-state index in [1.165, 1.54) is 11.3 Å². The number of benzene rings is 1. The zero-order valence-electron chi connectivity index (χ0n) is 19.8. The largest absolute Gasteiger partial charge is 0.454 e. The first-order chi connectivity index (χ1) is 17.2. The van der Waals surface area contributed by atoms with Crippen molar-refractivity contribution >= 4 is 33.3 Å². The van der Waals surface area contributed by atoms with Gasteiger partial charge in [-0.3, -0.25) is 9.69 Å². The van der Waals surface area contributed by atoms with E-state index in [4.69, 9.17) is 14.2 Å². The molecule has 3 aliphatic rings. The van der Waals surface area contributed by atoms with Gasteiger partial charge in [-0.1, -0.05) is 6.07 Å². The molecule has 5 heterocycles. The molecule has 0 unspecified atom stereocenters. The maximum atomic E-state index is 13.5. The number of nitrogens with zero attached hydrogens (tertiary/aromatic N) is 4. The third kappa shape index (κ3) is 4.41. The molecule has 0 bridgehead atoms. The lowest BCUT2D eigenvalue weighted by Gasteiger charge is -2.40. The third-order valence-electron chi connectivity index (χ3n) is 7.13. The minimum absolute atomic E-state index is 0.104. The number of aryl methyl sites for hydroxylation is 1. The zero-order chi connectivity index (χ0) is 23.8. The molecule has 184 valence electrons. The van der Waals surface area contributed by atoms with Crippen molar-refractivity contribution in [3.8, 4) is 11.5 Å². The van der Waals surface area contributed by atoms with Crippen LogP contribution in [-0.2, 0) is 11.3 Å². The summed E-state index contributed by atoms with van der Waals surface area (Å²) in [6, 6.07) is 6.45. The van der Waals surface area contributed by atoms with E-state index in [2.05, 4.69) is 20.2 Å². The first-order valence-electron chi connectivity index (χ1n) is 12.1. The maximum absolute atomic E-state index is 13.5. The lowest BCUT2D eigenvalue weighted by atomic mass is 10.0. The second kappa shape index (κ2) is 9.60. The van der Waals surface area contributed by atoms with E-state index in [9.17, 15) is 4.79 Å². The number of piperidine rings is 1. The van der Waals surface area contributed by atoms with Crippen molar-refractivity contribution in [3.63, 3.8) is 0 Å². The summed E-state index contributed by atoms with van der Waals surface area (Å²) in [5.41, 5.74) is 2.01. The van der Waals surface area contributed by atoms with Crippen LogP contribution in [0.25, 0.3) is 10.2 Å². The number of hydrogen-bond acceptors (Lipinski definition) is 9. The van der Waals surface area contributed by atoms with Crippen LogP contribution in [0.3, 0.4) is 0 Å². The molecule has 1 N–H and O–H groups in total. The summed E-state index contributed by atoms with van der Waals surface area (Å²) in [6.45, 7) is 8.03. The van der Waals surface area contributed by atoms with E-state index >= 15 is 0 Å². The summed E-state index contributed by atoms with van der Waals surface area (Å²) >= 11 is 1.46. The molecule has 0 spiro atoms. The van der Waals surface area contributed by atoms with Crippen LogP contribution in [0.5, 0.6) is 11.5 Å². The Morgan fingerprint density at radius 3 is 2.74 bits per heavy atom. The van der Waals surface area contributed by atoms with E-state index in [-0.39, 0.29) is 12.7 Å². The number of thiophene rings is 1. The number of ether oxygens (including phenoxy) is 3. The summed E-state index contributed by atoms with van der Waals surface area (Å²) < 4.78 is 16.4. The lowest BCUT2D eigenvalue weighted by Crippen LogP contribution is -2.50. The Kier molecular flexibility index (Phi) is 6.17. The molecule has 3 aliphatic heterocycles. The molecule has 1 aromatic carbocycles. The van der Waals surface area contributed by atoms with Gasteiger partial charge >= 0.3 is 0 Å². The fourth-order valence-electron chi connectivity index (χ4n) is 5.17. The van der Waals surface area contributed by atoms with Crippen LogP contribution >= 0.6 is 11.3 Å². The molecule has 35 heavy (non-hydrogen) atoms. The molecule has 6 rings (SSSR count). The van der Waals surface area contributed by atoms with Gasteiger partial charge in [-0.2, -0.15) is 0 Å². The van der Waals surface area contributed by atoms with E-state index in [1.807, 2.05) is 30.0 Å². The van der Waals surface area contributed by atoms with Crippen molar-refractivity contribution in [1.29, 1.82) is 0 Å². The standard InChI is InChI=1S/C25H29N5O4S/c1-16-21-23(26-13-17-2-3-19-20(12-17)34-15-33-19)27-14-28-24(21)35-22(16)25(31)30-6-4-18(5-7-30)29-8-10-32-11-9-29/h2-3,12,14,18H,4-11,13,15H2,1H3,(H,26,27,28). The number of carbonyl (C=O) groups is 1. The number of aromatic nitrogens is 2. The Hall–Kier alpha value is -2.95. The van der Waals surface area contributed by atoms with Gasteiger partial charge in [-0.15, -0.1) is 11.3 Å². The molecule has 0 atom stereocenters. The Bertz CT molecular complexity index is 1230. The van der Waals surface area contributed by atoms with Crippen molar-refractivity contribution in [2.24, 2.45) is 0 Å². The minimum atomic E-state index is 0.104. The molecular formula is C25H29N5O4S. The van der Waals surface area contributed by atoms with Gasteiger partial charge in [0.15, 0.2) is 11.5 Å². The average Bonchev–Trinajstić information content (AvgIpc) is 3.52. The Balaban J connectivity index is 1.16. The number of anilines is 1. The summed E-state index contributed by atoms with van der Waals surface area (Å²) in [7, 11) is 0. The van der Waals surface area contributed by atoms with Crippen molar-refractivity contribution in [2.45, 2.75) is 32.4 Å². The highest BCUT2D eigenvalue weighted by Crippen LogP contribution is 2.36. The number of likely N-dealkylation sites (tertiary alicyclic amines) is 1. The predicted octanol–water partition coefficient (Wildman–Crippen LogP) is 3.28. The molecule has 1 amide bonds. The third-order valence-corrected chi connectivity index (χ3v) is 8.32. The van der Waals surface area contributed by atoms with Crippen molar-refractivity contribution in [1.82, 2.24) is 19.8 Å². The quantitative estimate of drug-likeness (QED) is 0.577. The van der Waals surface area contributed by atoms with Crippen molar-refractivity contribution in [2.75, 3.05) is 51.5 Å². The summed E-state index contributed by atoms with van der Waals surface area (Å²) in [5.74, 6) is 2.37. The Morgan fingerprint density at radius 2 is 1.91 bits per heavy atom. The van der Waals surface area contributed by atoms with Gasteiger partial charge < -0.3 is 24.4 Å². The van der Waals surface area contributed by atoms with Gasteiger partial charge in [-0.05, 0) is 43.0 Å². The highest BCUT2D eigenvalue weighted by Gasteiger charge is 2.30. The van der Waals surface area contributed by atoms with Gasteiger partial charge in [0.1, 0.15) is 17.0 Å². The van der Waals surface area contributed by atoms with Crippen molar-refractivity contribution < 1.29 is 19.0 Å². The molecular weight excluding hydrogens is 466 g/mol. The van der Waals surface area contributed by atoms with Crippen molar-refractivity contribution in [3.05, 3.63) is 40.5 Å². The lowest BCUT2D eigenvalue weighted by molar-refractivity contribution is 0.00163. The molecule has 2 saturated heterocycles. The average molecular weight is 496 g/mol. The molecule has 9 nitrogen and oxygen atoms in total. The van der Waals surface area contributed by atoms with Gasteiger partial charge in [0.2, 0.25) is 6.79 Å². The van der Waals surface area contributed by atoms with E-state index in [0.29, 0.717) is 12.6 Å². The van der Waals surface area contributed by atoms with Crippen LogP contribution in [0.1, 0.15) is 33.6 Å². The molecule has 3 aromatic rings. The molecule has 10 heteroatoms. The topological polar surface area (TPSA) is 89.1 Å². The van der Waals surface area contributed by atoms with Crippen LogP contribution in [0.15, 0.2) is 24.5 Å². The Labute approximate surface area is 208 Å². The van der Waals surface area contributed by atoms with Crippen LogP contribution in [0, 0.1) is 6.92 Å². The van der Waals surface area contributed by atoms with Gasteiger partial charge in [0, 0.05) is 38.8 Å². The molecule has 2 aromatic heterocycles. The van der Waals surface area contributed by atoms with E-state index < -0.39 is 0 Å². The van der Waals surface area contributed by atoms with E-state index in [0.717, 1.165) is 95.8 Å². The van der Waals surface area contributed by atoms with Gasteiger partial charge in [0.25, 0.3) is 5.91 Å². The summed E-state index contributed by atoms with van der Waals surface area (Å²) in [6.07, 6.45) is 3.58. The molecule has 0 radical (unpaired) electrons. The fourth-order valence-corrected chi connectivity index (χ4v) is 6.28. The highest BCUT2D eigenvalue weighted by atomic mass is 32.1. The van der Waals surface area contributed by atoms with Crippen LogP contribution in [-0.4, -0.2) is 77.9 Å². The Morgan fingerprint density at radius 1 is 1.11 bits per heavy atom. The van der Waals surface area contributed by atoms with E-state index in [1.54, 1.807) is 6.33 Å². The van der Waals surface area contributed by atoms with Crippen LogP contribution in [0.2, 0.25) is 0 Å². The normalized spacial score (nSPS) is 18.8. The second-order valence-corrected chi connectivity index (χ2v) is 10.2. The zero-order valence-corrected chi connectivity index (χ0v) is 20.6. The highest BCUT2D eigenvalue weighted by molar-refractivity contribution is 7.20. The number of amides is 1. The van der Waals surface area contributed by atoms with Gasteiger partial charge in [-0.25, -0.2) is 9.97 Å². The predicted molar refractivity (Wildman–Crippen MR) is 133 cm³/mol. The summed E-state index contributed by atoms with van der Waals surface area (Å²) in [5, 5.41) is 4.35. The first kappa shape index (κ1) is 22.5. The number of fused-ring (bicyclic) bond motifs is 2. The van der Waals surface area contributed by atoms with Gasteiger partial charge in [0.05, 0.1) is 23.5 Å². The number of morpholine rings is 1. The number of nitrogens with one attached hydrogen (secondary N) is 1. The number of rotatable bonds is 5. The number of hydrogen-bond donors (Lipinski definition) is 1. The fraction of sp³-hybridized carbons (Fsp3) is 0.480. The van der Waals surface area contributed by atoms with Crippen LogP contribution in [0.4, 0.5) is 5.82 Å². The summed E-state index contributed by atoms with van der Waals surface area (Å²) in [4.78, 5) is 28.5. The first-order valence-corrected chi connectivity index (χ1v) is 13.0. The maximum Gasteiger partial charge on any atom is 0.264 e. The smallest absolute Gasteiger partial charge is 0.264 e. The van der Waals surface area contributed by atoms with Crippen LogP contribution < -0.4 is 14.8 Å². The SMILES string of the molecule is Cc1c(C(=O)N2CCC(N3CCOCC3)CC2)sc2ncnc(NCc3ccc4c(c3)OCO4)c12.